The number of anilines is 2. The third kappa shape index (κ3) is 4.22. The number of rotatable bonds is 6. The van der Waals surface area contributed by atoms with Crippen LogP contribution in [0.3, 0.4) is 0 Å². The van der Waals surface area contributed by atoms with Crippen LogP contribution in [-0.4, -0.2) is 42.1 Å². The fraction of sp³-hybridized carbons (Fsp3) is 0.238. The number of benzene rings is 2. The van der Waals surface area contributed by atoms with Gasteiger partial charge in [-0.1, -0.05) is 18.2 Å². The molecule has 0 unspecified atom stereocenters. The van der Waals surface area contributed by atoms with Crippen LogP contribution in [0.2, 0.25) is 0 Å². The lowest BCUT2D eigenvalue weighted by molar-refractivity contribution is 0.483. The molecule has 1 aromatic heterocycles. The number of hydrogen-bond acceptors (Lipinski definition) is 6. The highest BCUT2D eigenvalue weighted by atomic mass is 32.2. The number of aryl methyl sites for hydroxylation is 1. The summed E-state index contributed by atoms with van der Waals surface area (Å²) >= 11 is 0. The summed E-state index contributed by atoms with van der Waals surface area (Å²) in [5.41, 5.74) is 6.31. The maximum Gasteiger partial charge on any atom is 0.294 e. The Morgan fingerprint density at radius 2 is 1.73 bits per heavy atom. The first-order valence-corrected chi connectivity index (χ1v) is 11.1. The summed E-state index contributed by atoms with van der Waals surface area (Å²) in [7, 11) is -4.21. The number of aromatic nitrogens is 2. The highest BCUT2D eigenvalue weighted by molar-refractivity contribution is 7.85. The number of nitrogens with zero attached hydrogens (tertiary/aromatic N) is 4. The Morgan fingerprint density at radius 3 is 2.37 bits per heavy atom. The van der Waals surface area contributed by atoms with Gasteiger partial charge in [-0.25, -0.2) is 4.68 Å². The molecule has 2 N–H and O–H groups in total. The van der Waals surface area contributed by atoms with Gasteiger partial charge >= 0.3 is 0 Å². The Labute approximate surface area is 175 Å². The molecule has 3 aromatic rings. The maximum atomic E-state index is 11.2. The second kappa shape index (κ2) is 8.29. The lowest BCUT2D eigenvalue weighted by Crippen LogP contribution is -2.22. The van der Waals surface area contributed by atoms with Crippen molar-refractivity contribution in [1.29, 1.82) is 0 Å². The highest BCUT2D eigenvalue weighted by Crippen LogP contribution is 2.29. The van der Waals surface area contributed by atoms with Crippen LogP contribution in [0.15, 0.2) is 64.6 Å². The van der Waals surface area contributed by atoms with E-state index in [9.17, 15) is 8.42 Å². The molecular formula is C21H23N5O3S. The van der Waals surface area contributed by atoms with Crippen molar-refractivity contribution >= 4 is 27.8 Å². The van der Waals surface area contributed by atoms with Crippen molar-refractivity contribution in [2.24, 2.45) is 5.10 Å². The van der Waals surface area contributed by atoms with Gasteiger partial charge in [0.25, 0.3) is 10.1 Å². The first-order chi connectivity index (χ1) is 14.4. The molecule has 0 saturated carbocycles. The summed E-state index contributed by atoms with van der Waals surface area (Å²) in [6, 6.07) is 15.8. The minimum atomic E-state index is -4.21. The van der Waals surface area contributed by atoms with Gasteiger partial charge in [-0.2, -0.15) is 18.6 Å². The van der Waals surface area contributed by atoms with Crippen LogP contribution in [0, 0.1) is 6.92 Å². The maximum absolute atomic E-state index is 11.2. The van der Waals surface area contributed by atoms with Gasteiger partial charge in [0.05, 0.1) is 33.7 Å². The van der Waals surface area contributed by atoms with E-state index >= 15 is 0 Å². The van der Waals surface area contributed by atoms with Crippen LogP contribution in [0.5, 0.6) is 0 Å². The van der Waals surface area contributed by atoms with Gasteiger partial charge in [-0.15, -0.1) is 0 Å². The zero-order valence-electron chi connectivity index (χ0n) is 16.6. The van der Waals surface area contributed by atoms with Crippen molar-refractivity contribution in [3.05, 3.63) is 65.9 Å². The first-order valence-electron chi connectivity index (χ1n) is 9.70. The van der Waals surface area contributed by atoms with Crippen LogP contribution >= 0.6 is 0 Å². The van der Waals surface area contributed by atoms with E-state index in [-0.39, 0.29) is 4.90 Å². The van der Waals surface area contributed by atoms with E-state index in [0.717, 1.165) is 48.7 Å². The van der Waals surface area contributed by atoms with Gasteiger partial charge in [-0.05, 0) is 56.2 Å². The molecule has 0 radical (unpaired) electrons. The van der Waals surface area contributed by atoms with E-state index in [1.807, 2.05) is 41.9 Å². The summed E-state index contributed by atoms with van der Waals surface area (Å²) in [6.07, 6.45) is 4.04. The number of para-hydroxylation sites is 1. The standard InChI is InChI=1S/C21H23N5O3S/c1-16-20(15-22-23-17-9-11-19(12-10-17)30(27,28)29)21(25-13-5-6-14-25)26(24-16)18-7-3-2-4-8-18/h2-4,7-12,15,23H,5-6,13-14H2,1H3,(H,27,28,29). The van der Waals surface area contributed by atoms with Crippen LogP contribution in [-0.2, 0) is 10.1 Å². The van der Waals surface area contributed by atoms with Crippen LogP contribution in [0.1, 0.15) is 24.1 Å². The van der Waals surface area contributed by atoms with Crippen molar-refractivity contribution in [2.45, 2.75) is 24.7 Å². The summed E-state index contributed by atoms with van der Waals surface area (Å²) in [4.78, 5) is 2.17. The number of hydrazone groups is 1. The van der Waals surface area contributed by atoms with E-state index < -0.39 is 10.1 Å². The van der Waals surface area contributed by atoms with Gasteiger partial charge < -0.3 is 4.90 Å². The van der Waals surface area contributed by atoms with E-state index in [1.54, 1.807) is 18.3 Å². The monoisotopic (exact) mass is 425 g/mol. The van der Waals surface area contributed by atoms with Gasteiger partial charge in [0.2, 0.25) is 0 Å². The van der Waals surface area contributed by atoms with E-state index in [4.69, 9.17) is 9.65 Å². The Kier molecular flexibility index (Phi) is 5.56. The van der Waals surface area contributed by atoms with Crippen molar-refractivity contribution in [1.82, 2.24) is 9.78 Å². The molecule has 0 aliphatic carbocycles. The quantitative estimate of drug-likeness (QED) is 0.356. The van der Waals surface area contributed by atoms with E-state index in [0.29, 0.717) is 5.69 Å². The second-order valence-corrected chi connectivity index (χ2v) is 8.56. The predicted molar refractivity (Wildman–Crippen MR) is 117 cm³/mol. The molecule has 156 valence electrons. The third-order valence-corrected chi connectivity index (χ3v) is 5.90. The lowest BCUT2D eigenvalue weighted by Gasteiger charge is -2.20. The minimum absolute atomic E-state index is 0.159. The molecule has 0 bridgehead atoms. The fourth-order valence-electron chi connectivity index (χ4n) is 3.53. The Balaban J connectivity index is 1.63. The first kappa shape index (κ1) is 20.1. The molecule has 2 aromatic carbocycles. The second-order valence-electron chi connectivity index (χ2n) is 7.13. The molecule has 1 aliphatic heterocycles. The zero-order valence-corrected chi connectivity index (χ0v) is 17.4. The Bertz CT molecular complexity index is 1150. The van der Waals surface area contributed by atoms with Crippen LogP contribution in [0.4, 0.5) is 11.5 Å². The minimum Gasteiger partial charge on any atom is -0.356 e. The van der Waals surface area contributed by atoms with Crippen molar-refractivity contribution in [2.75, 3.05) is 23.4 Å². The molecule has 8 nitrogen and oxygen atoms in total. The summed E-state index contributed by atoms with van der Waals surface area (Å²) in [5.74, 6) is 1.02. The Morgan fingerprint density at radius 1 is 1.07 bits per heavy atom. The van der Waals surface area contributed by atoms with E-state index in [1.165, 1.54) is 12.1 Å². The van der Waals surface area contributed by atoms with Gasteiger partial charge in [0.1, 0.15) is 5.82 Å². The van der Waals surface area contributed by atoms with Crippen LogP contribution < -0.4 is 10.3 Å². The molecule has 0 amide bonds. The van der Waals surface area contributed by atoms with Crippen molar-refractivity contribution < 1.29 is 13.0 Å². The lowest BCUT2D eigenvalue weighted by atomic mass is 10.2. The predicted octanol–water partition coefficient (Wildman–Crippen LogP) is 3.47. The Hall–Kier alpha value is -3.17. The fourth-order valence-corrected chi connectivity index (χ4v) is 4.01. The van der Waals surface area contributed by atoms with Crippen molar-refractivity contribution in [3.8, 4) is 5.69 Å². The SMILES string of the molecule is Cc1nn(-c2ccccc2)c(N2CCCC2)c1C=NNc1ccc(S(=O)(=O)O)cc1. The smallest absolute Gasteiger partial charge is 0.294 e. The van der Waals surface area contributed by atoms with Gasteiger partial charge in [0.15, 0.2) is 0 Å². The molecule has 9 heteroatoms. The van der Waals surface area contributed by atoms with E-state index in [2.05, 4.69) is 15.4 Å². The molecule has 0 spiro atoms. The third-order valence-electron chi connectivity index (χ3n) is 5.03. The normalized spacial score (nSPS) is 14.5. The molecule has 2 heterocycles. The molecule has 30 heavy (non-hydrogen) atoms. The summed E-state index contributed by atoms with van der Waals surface area (Å²) in [5, 5.41) is 9.09. The molecule has 0 atom stereocenters. The average molecular weight is 426 g/mol. The van der Waals surface area contributed by atoms with Crippen LogP contribution in [0.25, 0.3) is 5.69 Å². The average Bonchev–Trinajstić information content (AvgIpc) is 3.37. The topological polar surface area (TPSA) is 99.8 Å². The molecule has 4 rings (SSSR count). The zero-order chi connectivity index (χ0) is 21.1. The number of hydrogen-bond donors (Lipinski definition) is 2. The highest BCUT2D eigenvalue weighted by Gasteiger charge is 2.23. The summed E-state index contributed by atoms with van der Waals surface area (Å²) in [6.45, 7) is 3.91. The number of nitrogens with one attached hydrogen (secondary N) is 1. The molecule has 1 aliphatic rings. The molecular weight excluding hydrogens is 402 g/mol. The largest absolute Gasteiger partial charge is 0.356 e. The summed E-state index contributed by atoms with van der Waals surface area (Å²) < 4.78 is 33.3. The van der Waals surface area contributed by atoms with Gasteiger partial charge in [0, 0.05) is 13.1 Å². The van der Waals surface area contributed by atoms with Crippen molar-refractivity contribution in [3.63, 3.8) is 0 Å². The van der Waals surface area contributed by atoms with Gasteiger partial charge in [-0.3, -0.25) is 9.98 Å². The molecule has 1 fully saturated rings. The molecule has 1 saturated heterocycles.